The van der Waals surface area contributed by atoms with Gasteiger partial charge in [-0.2, -0.15) is 0 Å². The van der Waals surface area contributed by atoms with Gasteiger partial charge in [0.1, 0.15) is 0 Å². The van der Waals surface area contributed by atoms with Crippen LogP contribution in [0.5, 0.6) is 0 Å². The molecule has 0 aromatic heterocycles. The Balaban J connectivity index is 2.84. The maximum Gasteiger partial charge on any atom is 0.376 e. The number of carboxylic acid groups (broad SMARTS) is 1. The molecule has 0 heterocycles. The predicted molar refractivity (Wildman–Crippen MR) is 53.1 cm³/mol. The highest BCUT2D eigenvalue weighted by molar-refractivity contribution is 6.38. The molecule has 0 aliphatic rings. The van der Waals surface area contributed by atoms with Gasteiger partial charge in [0, 0.05) is 5.02 Å². The number of halogens is 1. The zero-order valence-electron chi connectivity index (χ0n) is 7.11. The average molecular weight is 211 g/mol. The first-order chi connectivity index (χ1) is 6.61. The number of ketones is 1. The van der Waals surface area contributed by atoms with Crippen LogP contribution in [0.2, 0.25) is 5.02 Å². The van der Waals surface area contributed by atoms with E-state index in [-0.39, 0.29) is 0 Å². The molecule has 1 rings (SSSR count). The molecule has 1 aromatic carbocycles. The van der Waals surface area contributed by atoms with Crippen LogP contribution < -0.4 is 0 Å². The van der Waals surface area contributed by atoms with E-state index in [1.807, 2.05) is 0 Å². The van der Waals surface area contributed by atoms with Crippen LogP contribution >= 0.6 is 11.6 Å². The summed E-state index contributed by atoms with van der Waals surface area (Å²) in [5.41, 5.74) is 0.615. The fourth-order valence-electron chi connectivity index (χ4n) is 0.847. The highest BCUT2D eigenvalue weighted by atomic mass is 35.5. The lowest BCUT2D eigenvalue weighted by atomic mass is 10.2. The Kier molecular flexibility index (Phi) is 3.42. The van der Waals surface area contributed by atoms with Crippen molar-refractivity contribution in [3.05, 3.63) is 40.9 Å². The molecule has 0 fully saturated rings. The number of aliphatic carboxylic acids is 1. The molecular weight excluding hydrogens is 204 g/mol. The second-order valence-corrected chi connectivity index (χ2v) is 2.93. The summed E-state index contributed by atoms with van der Waals surface area (Å²) in [6.45, 7) is 0. The van der Waals surface area contributed by atoms with Gasteiger partial charge >= 0.3 is 5.97 Å². The van der Waals surface area contributed by atoms with E-state index in [2.05, 4.69) is 0 Å². The third-order valence-corrected chi connectivity index (χ3v) is 1.87. The molecule has 3 nitrogen and oxygen atoms in total. The minimum atomic E-state index is -1.48. The van der Waals surface area contributed by atoms with E-state index in [9.17, 15) is 9.59 Å². The van der Waals surface area contributed by atoms with Crippen LogP contribution in [0.1, 0.15) is 5.56 Å². The molecule has 0 radical (unpaired) electrons. The monoisotopic (exact) mass is 210 g/mol. The third-order valence-electron chi connectivity index (χ3n) is 1.53. The molecular formula is C10H7ClO3. The van der Waals surface area contributed by atoms with Gasteiger partial charge in [0.05, 0.1) is 0 Å². The van der Waals surface area contributed by atoms with E-state index in [0.717, 1.165) is 6.08 Å². The minimum Gasteiger partial charge on any atom is -0.475 e. The Morgan fingerprint density at radius 2 is 1.93 bits per heavy atom. The van der Waals surface area contributed by atoms with E-state index in [1.54, 1.807) is 24.3 Å². The Hall–Kier alpha value is -1.61. The van der Waals surface area contributed by atoms with Crippen molar-refractivity contribution < 1.29 is 14.7 Å². The van der Waals surface area contributed by atoms with Gasteiger partial charge in [-0.3, -0.25) is 4.79 Å². The van der Waals surface area contributed by atoms with Gasteiger partial charge < -0.3 is 5.11 Å². The van der Waals surface area contributed by atoms with Crippen LogP contribution in [0.15, 0.2) is 30.3 Å². The molecule has 0 amide bonds. The largest absolute Gasteiger partial charge is 0.475 e. The average Bonchev–Trinajstić information content (AvgIpc) is 2.16. The number of hydrogen-bond acceptors (Lipinski definition) is 2. The van der Waals surface area contributed by atoms with Crippen LogP contribution in [0, 0.1) is 0 Å². The number of hydrogen-bond donors (Lipinski definition) is 1. The lowest BCUT2D eigenvalue weighted by Crippen LogP contribution is -2.08. The van der Waals surface area contributed by atoms with Crippen molar-refractivity contribution in [1.82, 2.24) is 0 Å². The zero-order valence-corrected chi connectivity index (χ0v) is 7.86. The first-order valence-electron chi connectivity index (χ1n) is 3.81. The highest BCUT2D eigenvalue weighted by Gasteiger charge is 2.05. The summed E-state index contributed by atoms with van der Waals surface area (Å²) in [5.74, 6) is -2.45. The lowest BCUT2D eigenvalue weighted by molar-refractivity contribution is -0.146. The van der Waals surface area contributed by atoms with Crippen LogP contribution in [-0.4, -0.2) is 16.9 Å². The molecule has 14 heavy (non-hydrogen) atoms. The molecule has 0 bridgehead atoms. The van der Waals surface area contributed by atoms with Crippen molar-refractivity contribution in [2.24, 2.45) is 0 Å². The van der Waals surface area contributed by atoms with E-state index < -0.39 is 11.8 Å². The molecule has 0 unspecified atom stereocenters. The van der Waals surface area contributed by atoms with Crippen LogP contribution in [-0.2, 0) is 9.59 Å². The summed E-state index contributed by atoms with van der Waals surface area (Å²) in [4.78, 5) is 20.9. The topological polar surface area (TPSA) is 54.4 Å². The molecule has 0 aliphatic heterocycles. The summed E-state index contributed by atoms with van der Waals surface area (Å²) in [7, 11) is 0. The zero-order chi connectivity index (χ0) is 10.6. The van der Waals surface area contributed by atoms with Crippen molar-refractivity contribution in [3.8, 4) is 0 Å². The Morgan fingerprint density at radius 3 is 2.50 bits per heavy atom. The maximum atomic E-state index is 10.7. The van der Waals surface area contributed by atoms with Gasteiger partial charge in [0.25, 0.3) is 5.78 Å². The standard InChI is InChI=1S/C10H7ClO3/c11-8-4-2-1-3-7(8)5-6-9(12)10(13)14/h1-6H,(H,13,14)/b6-5+. The second-order valence-electron chi connectivity index (χ2n) is 2.52. The molecule has 4 heteroatoms. The summed E-state index contributed by atoms with van der Waals surface area (Å²) < 4.78 is 0. The van der Waals surface area contributed by atoms with Crippen molar-refractivity contribution in [2.45, 2.75) is 0 Å². The number of carboxylic acids is 1. The molecule has 0 atom stereocenters. The Bertz CT molecular complexity index is 396. The van der Waals surface area contributed by atoms with Crippen molar-refractivity contribution in [3.63, 3.8) is 0 Å². The number of carbonyl (C=O) groups excluding carboxylic acids is 1. The third kappa shape index (κ3) is 2.71. The van der Waals surface area contributed by atoms with Gasteiger partial charge in [-0.1, -0.05) is 29.8 Å². The van der Waals surface area contributed by atoms with Crippen molar-refractivity contribution in [2.75, 3.05) is 0 Å². The molecule has 0 spiro atoms. The first-order valence-corrected chi connectivity index (χ1v) is 4.19. The minimum absolute atomic E-state index is 0.474. The first kappa shape index (κ1) is 10.5. The summed E-state index contributed by atoms with van der Waals surface area (Å²) in [6, 6.07) is 6.84. The molecule has 0 aliphatic carbocycles. The number of carbonyl (C=O) groups is 2. The summed E-state index contributed by atoms with van der Waals surface area (Å²) in [6.07, 6.45) is 2.35. The van der Waals surface area contributed by atoms with Crippen molar-refractivity contribution >= 4 is 29.4 Å². The predicted octanol–water partition coefficient (Wildman–Crippen LogP) is 2.01. The summed E-state index contributed by atoms with van der Waals surface area (Å²) in [5, 5.41) is 8.77. The molecule has 0 saturated carbocycles. The fourth-order valence-corrected chi connectivity index (χ4v) is 1.05. The van der Waals surface area contributed by atoms with Gasteiger partial charge in [-0.15, -0.1) is 0 Å². The highest BCUT2D eigenvalue weighted by Crippen LogP contribution is 2.15. The lowest BCUT2D eigenvalue weighted by Gasteiger charge is -1.94. The molecule has 0 saturated heterocycles. The Labute approximate surface area is 85.6 Å². The van der Waals surface area contributed by atoms with Crippen molar-refractivity contribution in [1.29, 1.82) is 0 Å². The van der Waals surface area contributed by atoms with Gasteiger partial charge in [0.15, 0.2) is 0 Å². The quantitative estimate of drug-likeness (QED) is 0.613. The molecule has 72 valence electrons. The summed E-state index contributed by atoms with van der Waals surface area (Å²) >= 11 is 5.78. The Morgan fingerprint density at radius 1 is 1.29 bits per heavy atom. The van der Waals surface area contributed by atoms with Gasteiger partial charge in [-0.05, 0) is 23.8 Å². The van der Waals surface area contributed by atoms with Crippen LogP contribution in [0.3, 0.4) is 0 Å². The maximum absolute atomic E-state index is 10.7. The molecule has 1 N–H and O–H groups in total. The number of rotatable bonds is 3. The smallest absolute Gasteiger partial charge is 0.376 e. The SMILES string of the molecule is O=C(O)C(=O)/C=C/c1ccccc1Cl. The second kappa shape index (κ2) is 4.58. The van der Waals surface area contributed by atoms with E-state index in [0.29, 0.717) is 10.6 Å². The molecule has 1 aromatic rings. The van der Waals surface area contributed by atoms with E-state index >= 15 is 0 Å². The van der Waals surface area contributed by atoms with Crippen LogP contribution in [0.4, 0.5) is 0 Å². The normalized spacial score (nSPS) is 10.4. The van der Waals surface area contributed by atoms with Gasteiger partial charge in [0.2, 0.25) is 0 Å². The fraction of sp³-hybridized carbons (Fsp3) is 0. The van der Waals surface area contributed by atoms with Gasteiger partial charge in [-0.25, -0.2) is 4.79 Å². The van der Waals surface area contributed by atoms with E-state index in [4.69, 9.17) is 16.7 Å². The van der Waals surface area contributed by atoms with Crippen LogP contribution in [0.25, 0.3) is 6.08 Å². The van der Waals surface area contributed by atoms with E-state index in [1.165, 1.54) is 6.08 Å². The number of benzene rings is 1.